The van der Waals surface area contributed by atoms with Crippen LogP contribution in [0.3, 0.4) is 0 Å². The van der Waals surface area contributed by atoms with Gasteiger partial charge in [0.2, 0.25) is 5.91 Å². The first-order chi connectivity index (χ1) is 9.90. The van der Waals surface area contributed by atoms with Crippen molar-refractivity contribution in [2.75, 3.05) is 6.54 Å². The monoisotopic (exact) mass is 293 g/mol. The summed E-state index contributed by atoms with van der Waals surface area (Å²) >= 11 is 0. The Labute approximate surface area is 122 Å². The highest BCUT2D eigenvalue weighted by atomic mass is 16.4. The van der Waals surface area contributed by atoms with Gasteiger partial charge in [0.15, 0.2) is 6.04 Å². The molecule has 0 fully saturated rings. The van der Waals surface area contributed by atoms with E-state index in [9.17, 15) is 14.4 Å². The maximum absolute atomic E-state index is 11.7. The zero-order valence-electron chi connectivity index (χ0n) is 11.9. The molecule has 0 saturated carbocycles. The lowest BCUT2D eigenvalue weighted by atomic mass is 10.1. The van der Waals surface area contributed by atoms with Crippen LogP contribution in [0.25, 0.3) is 0 Å². The molecule has 0 aliphatic carbocycles. The molecule has 0 spiro atoms. The van der Waals surface area contributed by atoms with E-state index in [2.05, 4.69) is 16.0 Å². The van der Waals surface area contributed by atoms with Crippen LogP contribution in [0.5, 0.6) is 0 Å². The number of carboxylic acids is 1. The molecule has 1 unspecified atom stereocenters. The first-order valence-corrected chi connectivity index (χ1v) is 6.51. The second-order valence-corrected chi connectivity index (χ2v) is 4.73. The fourth-order valence-electron chi connectivity index (χ4n) is 1.65. The van der Waals surface area contributed by atoms with Crippen molar-refractivity contribution in [2.24, 2.45) is 0 Å². The Morgan fingerprint density at radius 2 is 1.71 bits per heavy atom. The van der Waals surface area contributed by atoms with Gasteiger partial charge in [0.25, 0.3) is 0 Å². The van der Waals surface area contributed by atoms with Crippen molar-refractivity contribution >= 4 is 17.9 Å². The summed E-state index contributed by atoms with van der Waals surface area (Å²) in [6.45, 7) is 3.38. The lowest BCUT2D eigenvalue weighted by Crippen LogP contribution is -2.45. The van der Waals surface area contributed by atoms with Gasteiger partial charge in [-0.25, -0.2) is 9.59 Å². The highest BCUT2D eigenvalue weighted by Gasteiger charge is 2.21. The van der Waals surface area contributed by atoms with E-state index in [1.807, 2.05) is 0 Å². The van der Waals surface area contributed by atoms with Crippen LogP contribution in [-0.2, 0) is 9.59 Å². The molecule has 7 heteroatoms. The van der Waals surface area contributed by atoms with Gasteiger partial charge >= 0.3 is 12.0 Å². The summed E-state index contributed by atoms with van der Waals surface area (Å²) in [5.41, 5.74) is 0.451. The molecule has 0 saturated heterocycles. The van der Waals surface area contributed by atoms with E-state index in [4.69, 9.17) is 5.11 Å². The van der Waals surface area contributed by atoms with Crippen molar-refractivity contribution in [1.29, 1.82) is 0 Å². The van der Waals surface area contributed by atoms with Crippen molar-refractivity contribution in [3.05, 3.63) is 35.9 Å². The Morgan fingerprint density at radius 3 is 2.24 bits per heavy atom. The van der Waals surface area contributed by atoms with E-state index in [-0.39, 0.29) is 18.5 Å². The average Bonchev–Trinajstić information content (AvgIpc) is 2.42. The number of carbonyl (C=O) groups is 3. The van der Waals surface area contributed by atoms with Crippen LogP contribution in [0.4, 0.5) is 4.79 Å². The summed E-state index contributed by atoms with van der Waals surface area (Å²) in [4.78, 5) is 34.2. The zero-order chi connectivity index (χ0) is 15.8. The Morgan fingerprint density at radius 1 is 1.10 bits per heavy atom. The number of hydrogen-bond acceptors (Lipinski definition) is 3. The quantitative estimate of drug-likeness (QED) is 0.617. The van der Waals surface area contributed by atoms with E-state index in [0.29, 0.717) is 5.56 Å². The second kappa shape index (κ2) is 7.88. The highest BCUT2D eigenvalue weighted by molar-refractivity contribution is 5.87. The second-order valence-electron chi connectivity index (χ2n) is 4.73. The third kappa shape index (κ3) is 5.94. The van der Waals surface area contributed by atoms with Crippen LogP contribution < -0.4 is 16.0 Å². The van der Waals surface area contributed by atoms with Crippen molar-refractivity contribution in [3.8, 4) is 0 Å². The van der Waals surface area contributed by atoms with E-state index in [1.165, 1.54) is 0 Å². The van der Waals surface area contributed by atoms with Gasteiger partial charge in [0.05, 0.1) is 6.54 Å². The molecule has 0 aliphatic rings. The topological polar surface area (TPSA) is 108 Å². The molecular formula is C14H19N3O4. The molecule has 4 N–H and O–H groups in total. The summed E-state index contributed by atoms with van der Waals surface area (Å²) in [6.07, 6.45) is 0. The molecule has 1 aromatic carbocycles. The molecule has 0 radical (unpaired) electrons. The molecular weight excluding hydrogens is 274 g/mol. The maximum atomic E-state index is 11.7. The van der Waals surface area contributed by atoms with E-state index in [1.54, 1.807) is 44.2 Å². The summed E-state index contributed by atoms with van der Waals surface area (Å²) in [5, 5.41) is 16.4. The Bertz CT molecular complexity index is 502. The van der Waals surface area contributed by atoms with Gasteiger partial charge < -0.3 is 21.1 Å². The number of benzene rings is 1. The summed E-state index contributed by atoms with van der Waals surface area (Å²) in [7, 11) is 0. The van der Waals surface area contributed by atoms with Crippen LogP contribution in [0, 0.1) is 0 Å². The van der Waals surface area contributed by atoms with Crippen molar-refractivity contribution in [3.63, 3.8) is 0 Å². The molecule has 7 nitrogen and oxygen atoms in total. The van der Waals surface area contributed by atoms with Gasteiger partial charge in [0.1, 0.15) is 0 Å². The van der Waals surface area contributed by atoms with Crippen LogP contribution in [0.1, 0.15) is 25.5 Å². The van der Waals surface area contributed by atoms with Crippen LogP contribution in [-0.4, -0.2) is 35.6 Å². The molecule has 114 valence electrons. The third-order valence-electron chi connectivity index (χ3n) is 2.51. The van der Waals surface area contributed by atoms with Gasteiger partial charge in [-0.05, 0) is 19.4 Å². The minimum atomic E-state index is -1.18. The SMILES string of the molecule is CC(C)NC(=O)CNC(=O)NC(C(=O)O)c1ccccc1. The van der Waals surface area contributed by atoms with Gasteiger partial charge in [-0.3, -0.25) is 4.79 Å². The molecule has 1 atom stereocenters. The van der Waals surface area contributed by atoms with Crippen LogP contribution >= 0.6 is 0 Å². The molecule has 1 rings (SSSR count). The van der Waals surface area contributed by atoms with Gasteiger partial charge in [0, 0.05) is 6.04 Å². The molecule has 0 aliphatic heterocycles. The maximum Gasteiger partial charge on any atom is 0.330 e. The largest absolute Gasteiger partial charge is 0.479 e. The standard InChI is InChI=1S/C14H19N3O4/c1-9(2)16-11(18)8-15-14(21)17-12(13(19)20)10-6-4-3-5-7-10/h3-7,9,12H,8H2,1-2H3,(H,16,18)(H,19,20)(H2,15,17,21). The number of urea groups is 1. The molecule has 1 aromatic rings. The third-order valence-corrected chi connectivity index (χ3v) is 2.51. The van der Waals surface area contributed by atoms with Crippen LogP contribution in [0.15, 0.2) is 30.3 Å². The minimum absolute atomic E-state index is 0.0292. The predicted molar refractivity (Wildman–Crippen MR) is 76.6 cm³/mol. The number of rotatable bonds is 6. The first kappa shape index (κ1) is 16.5. The summed E-state index contributed by atoms with van der Waals surface area (Å²) in [6, 6.07) is 6.40. The number of hydrogen-bond donors (Lipinski definition) is 4. The fraction of sp³-hybridized carbons (Fsp3) is 0.357. The lowest BCUT2D eigenvalue weighted by Gasteiger charge is -2.15. The molecule has 0 heterocycles. The predicted octanol–water partition coefficient (Wildman–Crippen LogP) is 0.636. The smallest absolute Gasteiger partial charge is 0.330 e. The van der Waals surface area contributed by atoms with Crippen molar-refractivity contribution in [2.45, 2.75) is 25.9 Å². The Kier molecular flexibility index (Phi) is 6.19. The molecule has 3 amide bonds. The minimum Gasteiger partial charge on any atom is -0.479 e. The molecule has 0 bridgehead atoms. The number of carboxylic acid groups (broad SMARTS) is 1. The lowest BCUT2D eigenvalue weighted by molar-refractivity contribution is -0.139. The molecule has 0 aromatic heterocycles. The van der Waals surface area contributed by atoms with Crippen molar-refractivity contribution in [1.82, 2.24) is 16.0 Å². The number of amides is 3. The molecule has 21 heavy (non-hydrogen) atoms. The average molecular weight is 293 g/mol. The summed E-state index contributed by atoms with van der Waals surface area (Å²) in [5.74, 6) is -1.52. The van der Waals surface area contributed by atoms with Gasteiger partial charge in [-0.2, -0.15) is 0 Å². The van der Waals surface area contributed by atoms with Gasteiger partial charge in [-0.15, -0.1) is 0 Å². The van der Waals surface area contributed by atoms with E-state index < -0.39 is 18.0 Å². The van der Waals surface area contributed by atoms with Gasteiger partial charge in [-0.1, -0.05) is 30.3 Å². The highest BCUT2D eigenvalue weighted by Crippen LogP contribution is 2.12. The zero-order valence-corrected chi connectivity index (χ0v) is 11.9. The van der Waals surface area contributed by atoms with E-state index in [0.717, 1.165) is 0 Å². The Hall–Kier alpha value is -2.57. The van der Waals surface area contributed by atoms with Crippen LogP contribution in [0.2, 0.25) is 0 Å². The number of aliphatic carboxylic acids is 1. The van der Waals surface area contributed by atoms with E-state index >= 15 is 0 Å². The fourth-order valence-corrected chi connectivity index (χ4v) is 1.65. The Balaban J connectivity index is 2.55. The summed E-state index contributed by atoms with van der Waals surface area (Å²) < 4.78 is 0. The number of nitrogens with one attached hydrogen (secondary N) is 3. The normalized spacial score (nSPS) is 11.6. The first-order valence-electron chi connectivity index (χ1n) is 6.51. The van der Waals surface area contributed by atoms with Crippen molar-refractivity contribution < 1.29 is 19.5 Å². The number of carbonyl (C=O) groups excluding carboxylic acids is 2.